The summed E-state index contributed by atoms with van der Waals surface area (Å²) in [5, 5.41) is 7.33. The Labute approximate surface area is 101 Å². The summed E-state index contributed by atoms with van der Waals surface area (Å²) < 4.78 is 10.8. The van der Waals surface area contributed by atoms with E-state index < -0.39 is 0 Å². The van der Waals surface area contributed by atoms with Crippen LogP contribution < -0.4 is 15.2 Å². The van der Waals surface area contributed by atoms with Crippen molar-refractivity contribution in [2.75, 3.05) is 13.7 Å². The zero-order chi connectivity index (χ0) is 12.3. The Morgan fingerprint density at radius 2 is 1.88 bits per heavy atom. The van der Waals surface area contributed by atoms with Crippen LogP contribution in [0, 0.1) is 10.8 Å². The first-order valence-corrected chi connectivity index (χ1v) is 5.73. The molecule has 1 aromatic carbocycles. The number of nitrogens with one attached hydrogen (secondary N) is 1. The minimum Gasteiger partial charge on any atom is -0.497 e. The van der Waals surface area contributed by atoms with E-state index in [9.17, 15) is 0 Å². The Kier molecular flexibility index (Phi) is 3.22. The molecule has 0 spiro atoms. The highest BCUT2D eigenvalue weighted by molar-refractivity contribution is 5.78. The van der Waals surface area contributed by atoms with Crippen LogP contribution in [-0.2, 0) is 0 Å². The van der Waals surface area contributed by atoms with Crippen LogP contribution >= 0.6 is 0 Å². The van der Waals surface area contributed by atoms with Gasteiger partial charge >= 0.3 is 0 Å². The van der Waals surface area contributed by atoms with Gasteiger partial charge in [-0.1, -0.05) is 0 Å². The van der Waals surface area contributed by atoms with Crippen molar-refractivity contribution >= 4 is 5.84 Å². The summed E-state index contributed by atoms with van der Waals surface area (Å²) in [6, 6.07) is 7.53. The molecule has 1 aromatic rings. The fourth-order valence-electron chi connectivity index (χ4n) is 1.86. The summed E-state index contributed by atoms with van der Waals surface area (Å²) in [6.07, 6.45) is 2.84. The van der Waals surface area contributed by atoms with Gasteiger partial charge in [-0.2, -0.15) is 0 Å². The number of ether oxygens (including phenoxy) is 2. The normalized spacial score (nSPS) is 16.3. The van der Waals surface area contributed by atoms with Crippen LogP contribution in [0.4, 0.5) is 0 Å². The lowest BCUT2D eigenvalue weighted by molar-refractivity contribution is 0.238. The molecule has 0 amide bonds. The summed E-state index contributed by atoms with van der Waals surface area (Å²) in [7, 11) is 1.64. The van der Waals surface area contributed by atoms with Gasteiger partial charge in [0.1, 0.15) is 11.5 Å². The van der Waals surface area contributed by atoms with Crippen LogP contribution in [-0.4, -0.2) is 19.6 Å². The molecule has 0 heterocycles. The van der Waals surface area contributed by atoms with Gasteiger partial charge in [0.25, 0.3) is 0 Å². The van der Waals surface area contributed by atoms with Gasteiger partial charge in [0, 0.05) is 11.8 Å². The summed E-state index contributed by atoms with van der Waals surface area (Å²) >= 11 is 0. The largest absolute Gasteiger partial charge is 0.497 e. The van der Waals surface area contributed by atoms with E-state index in [1.807, 2.05) is 24.3 Å². The van der Waals surface area contributed by atoms with E-state index in [0.717, 1.165) is 24.3 Å². The Morgan fingerprint density at radius 3 is 2.35 bits per heavy atom. The zero-order valence-corrected chi connectivity index (χ0v) is 10.0. The first-order valence-electron chi connectivity index (χ1n) is 5.73. The van der Waals surface area contributed by atoms with E-state index in [0.29, 0.717) is 13.0 Å². The standard InChI is InChI=1S/C13H18N2O2/c1-16-10-2-4-11(5-3-10)17-9-13(6-7-13)8-12(14)15/h2-5H,6-9H2,1H3,(H3,14,15). The van der Waals surface area contributed by atoms with Gasteiger partial charge in [-0.25, -0.2) is 0 Å². The zero-order valence-electron chi connectivity index (χ0n) is 10.0. The second-order valence-corrected chi connectivity index (χ2v) is 4.67. The Balaban J connectivity index is 1.87. The van der Waals surface area contributed by atoms with Crippen molar-refractivity contribution < 1.29 is 9.47 Å². The maximum Gasteiger partial charge on any atom is 0.119 e. The number of nitrogens with two attached hydrogens (primary N) is 1. The van der Waals surface area contributed by atoms with E-state index in [4.69, 9.17) is 20.6 Å². The number of amidine groups is 1. The monoisotopic (exact) mass is 234 g/mol. The quantitative estimate of drug-likeness (QED) is 0.585. The van der Waals surface area contributed by atoms with Crippen molar-refractivity contribution in [2.45, 2.75) is 19.3 Å². The summed E-state index contributed by atoms with van der Waals surface area (Å²) in [6.45, 7) is 0.638. The maximum atomic E-state index is 7.33. The smallest absolute Gasteiger partial charge is 0.119 e. The Morgan fingerprint density at radius 1 is 1.29 bits per heavy atom. The maximum absolute atomic E-state index is 7.33. The van der Waals surface area contributed by atoms with Crippen molar-refractivity contribution in [1.29, 1.82) is 5.41 Å². The van der Waals surface area contributed by atoms with Gasteiger partial charge in [-0.15, -0.1) is 0 Å². The molecule has 1 fully saturated rings. The molecule has 3 N–H and O–H groups in total. The van der Waals surface area contributed by atoms with Crippen LogP contribution in [0.5, 0.6) is 11.5 Å². The molecular weight excluding hydrogens is 216 g/mol. The molecule has 0 aromatic heterocycles. The van der Waals surface area contributed by atoms with Gasteiger partial charge in [-0.05, 0) is 37.1 Å². The molecule has 1 aliphatic rings. The van der Waals surface area contributed by atoms with E-state index in [2.05, 4.69) is 0 Å². The number of rotatable bonds is 6. The van der Waals surface area contributed by atoms with Crippen molar-refractivity contribution in [2.24, 2.45) is 11.1 Å². The van der Waals surface area contributed by atoms with Crippen LogP contribution in [0.2, 0.25) is 0 Å². The van der Waals surface area contributed by atoms with Gasteiger partial charge in [0.2, 0.25) is 0 Å². The Bertz CT molecular complexity index is 396. The molecule has 0 atom stereocenters. The second kappa shape index (κ2) is 4.65. The third kappa shape index (κ3) is 3.12. The highest BCUT2D eigenvalue weighted by Gasteiger charge is 2.43. The number of hydrogen-bond acceptors (Lipinski definition) is 3. The van der Waals surface area contributed by atoms with E-state index in [-0.39, 0.29) is 11.3 Å². The minimum atomic E-state index is 0.117. The minimum absolute atomic E-state index is 0.117. The molecule has 17 heavy (non-hydrogen) atoms. The van der Waals surface area contributed by atoms with Gasteiger partial charge in [0.15, 0.2) is 0 Å². The number of hydrogen-bond donors (Lipinski definition) is 2. The molecule has 4 nitrogen and oxygen atoms in total. The van der Waals surface area contributed by atoms with Gasteiger partial charge < -0.3 is 15.2 Å². The number of benzene rings is 1. The summed E-state index contributed by atoms with van der Waals surface area (Å²) in [4.78, 5) is 0. The lowest BCUT2D eigenvalue weighted by atomic mass is 10.0. The van der Waals surface area contributed by atoms with E-state index >= 15 is 0 Å². The lowest BCUT2D eigenvalue weighted by Crippen LogP contribution is -2.21. The van der Waals surface area contributed by atoms with Gasteiger partial charge in [-0.3, -0.25) is 5.41 Å². The predicted octanol–water partition coefficient (Wildman–Crippen LogP) is 2.18. The van der Waals surface area contributed by atoms with E-state index in [1.54, 1.807) is 7.11 Å². The van der Waals surface area contributed by atoms with Crippen molar-refractivity contribution in [3.05, 3.63) is 24.3 Å². The molecule has 4 heteroatoms. The molecule has 2 rings (SSSR count). The molecule has 0 aliphatic heterocycles. The summed E-state index contributed by atoms with van der Waals surface area (Å²) in [5.41, 5.74) is 5.55. The lowest BCUT2D eigenvalue weighted by Gasteiger charge is -2.15. The van der Waals surface area contributed by atoms with Gasteiger partial charge in [0.05, 0.1) is 19.6 Å². The third-order valence-corrected chi connectivity index (χ3v) is 3.13. The van der Waals surface area contributed by atoms with Crippen LogP contribution in [0.1, 0.15) is 19.3 Å². The highest BCUT2D eigenvalue weighted by atomic mass is 16.5. The molecule has 1 aliphatic carbocycles. The van der Waals surface area contributed by atoms with E-state index in [1.165, 1.54) is 0 Å². The SMILES string of the molecule is COc1ccc(OCC2(CC(=N)N)CC2)cc1. The highest BCUT2D eigenvalue weighted by Crippen LogP contribution is 2.48. The molecule has 0 radical (unpaired) electrons. The Hall–Kier alpha value is -1.71. The van der Waals surface area contributed by atoms with Crippen LogP contribution in [0.3, 0.4) is 0 Å². The summed E-state index contributed by atoms with van der Waals surface area (Å²) in [5.74, 6) is 1.91. The first-order chi connectivity index (χ1) is 8.13. The average molecular weight is 234 g/mol. The topological polar surface area (TPSA) is 68.3 Å². The van der Waals surface area contributed by atoms with Crippen LogP contribution in [0.15, 0.2) is 24.3 Å². The molecule has 1 saturated carbocycles. The predicted molar refractivity (Wildman–Crippen MR) is 66.7 cm³/mol. The van der Waals surface area contributed by atoms with Crippen molar-refractivity contribution in [3.8, 4) is 11.5 Å². The first kappa shape index (κ1) is 11.8. The van der Waals surface area contributed by atoms with Crippen molar-refractivity contribution in [1.82, 2.24) is 0 Å². The number of methoxy groups -OCH3 is 1. The van der Waals surface area contributed by atoms with Crippen LogP contribution in [0.25, 0.3) is 0 Å². The molecular formula is C13H18N2O2. The molecule has 0 bridgehead atoms. The second-order valence-electron chi connectivity index (χ2n) is 4.67. The molecule has 92 valence electrons. The third-order valence-electron chi connectivity index (χ3n) is 3.13. The molecule has 0 saturated heterocycles. The average Bonchev–Trinajstić information content (AvgIpc) is 3.06. The fraction of sp³-hybridized carbons (Fsp3) is 0.462. The fourth-order valence-corrected chi connectivity index (χ4v) is 1.86. The molecule has 0 unspecified atom stereocenters. The van der Waals surface area contributed by atoms with Crippen molar-refractivity contribution in [3.63, 3.8) is 0 Å².